The van der Waals surface area contributed by atoms with Crippen LogP contribution in [0.1, 0.15) is 25.8 Å². The minimum absolute atomic E-state index is 0.105. The predicted octanol–water partition coefficient (Wildman–Crippen LogP) is 4.12. The molecule has 114 valence electrons. The third-order valence-corrected chi connectivity index (χ3v) is 5.11. The summed E-state index contributed by atoms with van der Waals surface area (Å²) >= 11 is 23.6. The average Bonchev–Trinajstić information content (AvgIpc) is 2.91. The van der Waals surface area contributed by atoms with E-state index in [0.29, 0.717) is 22.7 Å². The molecule has 21 heavy (non-hydrogen) atoms. The maximum absolute atomic E-state index is 12.0. The minimum Gasteiger partial charge on any atom is -0.506 e. The number of carbonyl (C=O) groups is 1. The maximum Gasteiger partial charge on any atom is 0.249 e. The van der Waals surface area contributed by atoms with E-state index in [1.165, 1.54) is 12.1 Å². The zero-order valence-corrected chi connectivity index (χ0v) is 14.2. The number of halogens is 4. The molecule has 0 unspecified atom stereocenters. The second kappa shape index (κ2) is 5.51. The second-order valence-corrected chi connectivity index (χ2v) is 7.46. The minimum atomic E-state index is -1.07. The van der Waals surface area contributed by atoms with E-state index in [-0.39, 0.29) is 16.7 Å². The van der Waals surface area contributed by atoms with E-state index in [0.717, 1.165) is 0 Å². The first-order chi connectivity index (χ1) is 9.58. The van der Waals surface area contributed by atoms with Crippen molar-refractivity contribution in [2.45, 2.75) is 24.6 Å². The molecule has 0 radical (unpaired) electrons. The zero-order chi connectivity index (χ0) is 16.0. The van der Waals surface area contributed by atoms with Gasteiger partial charge in [0.2, 0.25) is 5.91 Å². The molecule has 0 bridgehead atoms. The van der Waals surface area contributed by atoms with E-state index in [9.17, 15) is 9.90 Å². The van der Waals surface area contributed by atoms with Crippen LogP contribution in [0.25, 0.3) is 0 Å². The van der Waals surface area contributed by atoms with Gasteiger partial charge in [0.15, 0.2) is 0 Å². The summed E-state index contributed by atoms with van der Waals surface area (Å²) in [6.45, 7) is 3.26. The Hall–Kier alpha value is -0.680. The lowest BCUT2D eigenvalue weighted by atomic mass is 10.1. The van der Waals surface area contributed by atoms with Gasteiger partial charge in [-0.1, -0.05) is 23.2 Å². The molecule has 2 N–H and O–H groups in total. The highest BCUT2D eigenvalue weighted by molar-refractivity contribution is 6.53. The molecular formula is C13H12Cl4N2O2. The van der Waals surface area contributed by atoms with Crippen molar-refractivity contribution in [2.24, 2.45) is 10.5 Å². The monoisotopic (exact) mass is 368 g/mol. The van der Waals surface area contributed by atoms with E-state index in [2.05, 4.69) is 10.5 Å². The number of amides is 1. The van der Waals surface area contributed by atoms with Crippen LogP contribution in [-0.4, -0.2) is 21.1 Å². The number of alkyl halides is 2. The largest absolute Gasteiger partial charge is 0.506 e. The van der Waals surface area contributed by atoms with Gasteiger partial charge in [0.25, 0.3) is 0 Å². The highest BCUT2D eigenvalue weighted by Crippen LogP contribution is 2.63. The van der Waals surface area contributed by atoms with Crippen molar-refractivity contribution in [2.75, 3.05) is 0 Å². The number of phenolic OH excluding ortho intramolecular Hbond substituents is 1. The molecule has 1 fully saturated rings. The Balaban J connectivity index is 2.18. The normalized spacial score (nSPS) is 23.8. The van der Waals surface area contributed by atoms with Gasteiger partial charge in [-0.3, -0.25) is 4.79 Å². The first-order valence-corrected chi connectivity index (χ1v) is 7.50. The van der Waals surface area contributed by atoms with Gasteiger partial charge in [-0.25, -0.2) is 5.43 Å². The summed E-state index contributed by atoms with van der Waals surface area (Å²) in [5.41, 5.74) is 2.20. The SMILES string of the molecule is C/C(=N\NC(=O)[C@]1(C)CC1(Cl)Cl)c1cc(Cl)cc(Cl)c1O. The molecule has 1 aliphatic carbocycles. The van der Waals surface area contributed by atoms with Crippen molar-refractivity contribution in [3.05, 3.63) is 27.7 Å². The standard InChI is InChI=1S/C13H12Cl4N2O2/c1-6(8-3-7(14)4-9(15)10(8)20)18-19-11(21)12(2)5-13(12,16)17/h3-4,20H,5H2,1-2H3,(H,19,21)/b18-6+/t12-/m0/s1. The number of phenols is 1. The third kappa shape index (κ3) is 3.09. The highest BCUT2D eigenvalue weighted by atomic mass is 35.5. The van der Waals surface area contributed by atoms with E-state index in [1.807, 2.05) is 0 Å². The van der Waals surface area contributed by atoms with Crippen LogP contribution in [-0.2, 0) is 4.79 Å². The lowest BCUT2D eigenvalue weighted by Crippen LogP contribution is -2.30. The molecule has 4 nitrogen and oxygen atoms in total. The molecule has 8 heteroatoms. The van der Waals surface area contributed by atoms with Gasteiger partial charge < -0.3 is 5.11 Å². The topological polar surface area (TPSA) is 61.7 Å². The number of nitrogens with one attached hydrogen (secondary N) is 1. The number of nitrogens with zero attached hydrogens (tertiary/aromatic N) is 1. The second-order valence-electron chi connectivity index (χ2n) is 5.14. The molecule has 0 saturated heterocycles. The Morgan fingerprint density at radius 2 is 1.95 bits per heavy atom. The Kier molecular flexibility index (Phi) is 4.37. The van der Waals surface area contributed by atoms with Gasteiger partial charge in [-0.05, 0) is 32.4 Å². The fourth-order valence-corrected chi connectivity index (χ4v) is 3.01. The Bertz CT molecular complexity index is 645. The number of hydrogen-bond donors (Lipinski definition) is 2. The number of rotatable bonds is 3. The number of hydrogen-bond acceptors (Lipinski definition) is 3. The van der Waals surface area contributed by atoms with Crippen LogP contribution in [0.4, 0.5) is 0 Å². The maximum atomic E-state index is 12.0. The van der Waals surface area contributed by atoms with E-state index < -0.39 is 9.75 Å². The van der Waals surface area contributed by atoms with Crippen LogP contribution < -0.4 is 5.43 Å². The molecule has 0 aliphatic heterocycles. The van der Waals surface area contributed by atoms with Crippen molar-refractivity contribution in [1.29, 1.82) is 0 Å². The first-order valence-electron chi connectivity index (χ1n) is 5.99. The third-order valence-electron chi connectivity index (χ3n) is 3.50. The Morgan fingerprint density at radius 1 is 1.38 bits per heavy atom. The fraction of sp³-hybridized carbons (Fsp3) is 0.385. The molecule has 2 rings (SSSR count). The molecule has 0 spiro atoms. The van der Waals surface area contributed by atoms with Crippen molar-refractivity contribution in [3.8, 4) is 5.75 Å². The summed E-state index contributed by atoms with van der Waals surface area (Å²) < 4.78 is -1.07. The summed E-state index contributed by atoms with van der Waals surface area (Å²) in [6.07, 6.45) is 0.359. The number of benzene rings is 1. The van der Waals surface area contributed by atoms with Crippen LogP contribution in [0, 0.1) is 5.41 Å². The van der Waals surface area contributed by atoms with Crippen molar-refractivity contribution in [1.82, 2.24) is 5.43 Å². The molecule has 1 saturated carbocycles. The van der Waals surface area contributed by atoms with Crippen LogP contribution in [0.2, 0.25) is 10.0 Å². The summed E-state index contributed by atoms with van der Waals surface area (Å²) in [7, 11) is 0. The summed E-state index contributed by atoms with van der Waals surface area (Å²) in [5.74, 6) is -0.544. The van der Waals surface area contributed by atoms with Gasteiger partial charge in [0.1, 0.15) is 10.1 Å². The predicted molar refractivity (Wildman–Crippen MR) is 85.6 cm³/mol. The summed E-state index contributed by atoms with van der Waals surface area (Å²) in [5, 5.41) is 14.3. The molecule has 0 heterocycles. The quantitative estimate of drug-likeness (QED) is 0.478. The van der Waals surface area contributed by atoms with Gasteiger partial charge in [-0.15, -0.1) is 23.2 Å². The Labute approximate surface area is 142 Å². The zero-order valence-electron chi connectivity index (χ0n) is 11.2. The molecule has 1 aromatic carbocycles. The Morgan fingerprint density at radius 3 is 2.48 bits per heavy atom. The molecule has 1 atom stereocenters. The van der Waals surface area contributed by atoms with Crippen LogP contribution in [0.15, 0.2) is 17.2 Å². The van der Waals surface area contributed by atoms with E-state index in [4.69, 9.17) is 46.4 Å². The van der Waals surface area contributed by atoms with Gasteiger partial charge in [0.05, 0.1) is 16.1 Å². The lowest BCUT2D eigenvalue weighted by Gasteiger charge is -2.11. The first kappa shape index (κ1) is 16.7. The molecule has 0 aromatic heterocycles. The number of hydrazone groups is 1. The van der Waals surface area contributed by atoms with Crippen molar-refractivity contribution < 1.29 is 9.90 Å². The molecule has 1 aromatic rings. The van der Waals surface area contributed by atoms with Gasteiger partial charge in [-0.2, -0.15) is 5.10 Å². The van der Waals surface area contributed by atoms with Gasteiger partial charge in [0, 0.05) is 10.6 Å². The van der Waals surface area contributed by atoms with Crippen LogP contribution in [0.3, 0.4) is 0 Å². The van der Waals surface area contributed by atoms with Crippen molar-refractivity contribution in [3.63, 3.8) is 0 Å². The van der Waals surface area contributed by atoms with E-state index >= 15 is 0 Å². The molecular weight excluding hydrogens is 358 g/mol. The number of aromatic hydroxyl groups is 1. The van der Waals surface area contributed by atoms with Crippen molar-refractivity contribution >= 4 is 58.0 Å². The number of carbonyl (C=O) groups excluding carboxylic acids is 1. The van der Waals surface area contributed by atoms with Crippen LogP contribution in [0.5, 0.6) is 5.75 Å². The van der Waals surface area contributed by atoms with Gasteiger partial charge >= 0.3 is 0 Å². The van der Waals surface area contributed by atoms with Crippen LogP contribution >= 0.6 is 46.4 Å². The summed E-state index contributed by atoms with van der Waals surface area (Å²) in [4.78, 5) is 12.0. The molecule has 1 aliphatic rings. The average molecular weight is 370 g/mol. The fourth-order valence-electron chi connectivity index (χ4n) is 1.81. The lowest BCUT2D eigenvalue weighted by molar-refractivity contribution is -0.125. The molecule has 1 amide bonds. The van der Waals surface area contributed by atoms with E-state index in [1.54, 1.807) is 13.8 Å². The highest BCUT2D eigenvalue weighted by Gasteiger charge is 2.68. The smallest absolute Gasteiger partial charge is 0.249 e. The summed E-state index contributed by atoms with van der Waals surface area (Å²) in [6, 6.07) is 2.91.